The lowest BCUT2D eigenvalue weighted by Gasteiger charge is -2.50. The number of epoxide rings is 1. The molecule has 3 aliphatic heterocycles. The number of ether oxygens (including phenoxy) is 2. The average molecular weight is 501 g/mol. The van der Waals surface area contributed by atoms with Crippen molar-refractivity contribution >= 4 is 5.97 Å². The van der Waals surface area contributed by atoms with Gasteiger partial charge in [0.15, 0.2) is 0 Å². The molecule has 2 aliphatic carbocycles. The Morgan fingerprint density at radius 2 is 1.54 bits per heavy atom. The van der Waals surface area contributed by atoms with Crippen molar-refractivity contribution in [2.75, 3.05) is 32.7 Å². The number of carbonyl (C=O) groups is 1. The van der Waals surface area contributed by atoms with Crippen LogP contribution in [0.15, 0.2) is 60.7 Å². The molecule has 2 aromatic carbocycles. The van der Waals surface area contributed by atoms with Gasteiger partial charge in [0.2, 0.25) is 0 Å². The van der Waals surface area contributed by atoms with Crippen LogP contribution in [0, 0.1) is 23.7 Å². The van der Waals surface area contributed by atoms with Crippen LogP contribution in [-0.4, -0.2) is 65.8 Å². The largest absolute Gasteiger partial charge is 0.455 e. The van der Waals surface area contributed by atoms with Crippen molar-refractivity contribution < 1.29 is 14.3 Å². The number of piperazine rings is 1. The highest BCUT2D eigenvalue weighted by Gasteiger charge is 2.77. The topological polar surface area (TPSA) is 45.3 Å². The second-order valence-electron chi connectivity index (χ2n) is 12.6. The van der Waals surface area contributed by atoms with Crippen molar-refractivity contribution in [3.05, 3.63) is 71.8 Å². The molecule has 5 fully saturated rings. The molecule has 1 spiro atoms. The summed E-state index contributed by atoms with van der Waals surface area (Å²) in [7, 11) is 0. The van der Waals surface area contributed by atoms with Crippen molar-refractivity contribution in [1.82, 2.24) is 9.80 Å². The molecule has 5 aliphatic rings. The molecule has 7 atom stereocenters. The lowest BCUT2D eigenvalue weighted by Crippen LogP contribution is -2.58. The zero-order chi connectivity index (χ0) is 25.2. The van der Waals surface area contributed by atoms with Crippen molar-refractivity contribution in [3.63, 3.8) is 0 Å². The molecule has 0 bridgehead atoms. The lowest BCUT2D eigenvalue weighted by atomic mass is 9.55. The van der Waals surface area contributed by atoms with Crippen molar-refractivity contribution in [2.24, 2.45) is 23.7 Å². The number of nitrogens with zero attached hydrogens (tertiary/aromatic N) is 2. The Kier molecular flexibility index (Phi) is 5.76. The van der Waals surface area contributed by atoms with E-state index in [0.717, 1.165) is 52.0 Å². The molecule has 0 amide bonds. The van der Waals surface area contributed by atoms with Gasteiger partial charge in [-0.25, -0.2) is 0 Å². The third kappa shape index (κ3) is 3.80. The van der Waals surface area contributed by atoms with E-state index in [9.17, 15) is 4.79 Å². The molecule has 3 saturated heterocycles. The Morgan fingerprint density at radius 3 is 2.19 bits per heavy atom. The summed E-state index contributed by atoms with van der Waals surface area (Å²) >= 11 is 0. The lowest BCUT2D eigenvalue weighted by molar-refractivity contribution is -0.168. The predicted octanol–water partition coefficient (Wildman–Crippen LogP) is 4.92. The zero-order valence-electron chi connectivity index (χ0n) is 22.2. The third-order valence-corrected chi connectivity index (χ3v) is 10.5. The molecule has 5 nitrogen and oxygen atoms in total. The van der Waals surface area contributed by atoms with E-state index in [1.54, 1.807) is 0 Å². The molecule has 7 rings (SSSR count). The number of hydrogen-bond acceptors (Lipinski definition) is 5. The number of rotatable bonds is 5. The SMILES string of the molecule is C[C@@H]1CC[C@H]2[C@H](CN3CCN(C(c4ccccc4)c4ccccc4)CC3)C(=O)O[C@]23[C@H]1CC[C@@]1(C)O[C@@H]31. The minimum absolute atomic E-state index is 0.0212. The van der Waals surface area contributed by atoms with Crippen LogP contribution in [0.25, 0.3) is 0 Å². The summed E-state index contributed by atoms with van der Waals surface area (Å²) in [5, 5.41) is 0. The zero-order valence-corrected chi connectivity index (χ0v) is 22.2. The van der Waals surface area contributed by atoms with Gasteiger partial charge in [-0.1, -0.05) is 67.6 Å². The molecule has 2 aromatic rings. The fourth-order valence-electron chi connectivity index (χ4n) is 8.63. The normalized spacial score (nSPS) is 39.5. The van der Waals surface area contributed by atoms with Crippen molar-refractivity contribution in [1.29, 1.82) is 0 Å². The molecule has 3 heterocycles. The van der Waals surface area contributed by atoms with E-state index in [1.807, 2.05) is 0 Å². The minimum Gasteiger partial charge on any atom is -0.455 e. The highest BCUT2D eigenvalue weighted by Crippen LogP contribution is 2.66. The van der Waals surface area contributed by atoms with E-state index in [2.05, 4.69) is 84.3 Å². The molecule has 0 N–H and O–H groups in total. The molecule has 5 heteroatoms. The van der Waals surface area contributed by atoms with Gasteiger partial charge in [0.1, 0.15) is 11.7 Å². The van der Waals surface area contributed by atoms with Gasteiger partial charge in [0.05, 0.1) is 17.6 Å². The molecular formula is C32H40N2O3. The van der Waals surface area contributed by atoms with Gasteiger partial charge in [0, 0.05) is 44.6 Å². The molecule has 196 valence electrons. The summed E-state index contributed by atoms with van der Waals surface area (Å²) < 4.78 is 12.8. The smallest absolute Gasteiger partial charge is 0.311 e. The van der Waals surface area contributed by atoms with Gasteiger partial charge < -0.3 is 9.47 Å². The fourth-order valence-corrected chi connectivity index (χ4v) is 8.63. The fraction of sp³-hybridized carbons (Fsp3) is 0.594. The van der Waals surface area contributed by atoms with Crippen LogP contribution < -0.4 is 0 Å². The number of hydrogen-bond donors (Lipinski definition) is 0. The number of carbonyl (C=O) groups excluding carboxylic acids is 1. The standard InChI is InChI=1S/C32H40N2O3/c1-22-13-14-27-25(29(35)36-32(27)26(22)15-16-31(2)30(32)37-31)21-33-17-19-34(20-18-33)28(23-9-5-3-6-10-23)24-11-7-4-8-12-24/h3-12,22,25-28,30H,13-21H2,1-2H3/t22-,25+,26+,27+,30-,31-,32-/m1/s1. The quantitative estimate of drug-likeness (QED) is 0.431. The van der Waals surface area contributed by atoms with Crippen LogP contribution in [0.4, 0.5) is 0 Å². The Hall–Kier alpha value is -2.21. The van der Waals surface area contributed by atoms with Gasteiger partial charge >= 0.3 is 5.97 Å². The van der Waals surface area contributed by atoms with E-state index in [4.69, 9.17) is 9.47 Å². The third-order valence-electron chi connectivity index (χ3n) is 10.5. The minimum atomic E-state index is -0.375. The predicted molar refractivity (Wildman–Crippen MR) is 143 cm³/mol. The van der Waals surface area contributed by atoms with Gasteiger partial charge in [-0.2, -0.15) is 0 Å². The van der Waals surface area contributed by atoms with E-state index >= 15 is 0 Å². The first-order valence-corrected chi connectivity index (χ1v) is 14.5. The first-order valence-electron chi connectivity index (χ1n) is 14.5. The Balaban J connectivity index is 1.07. The van der Waals surface area contributed by atoms with Gasteiger partial charge in [0.25, 0.3) is 0 Å². The van der Waals surface area contributed by atoms with Crippen LogP contribution in [0.1, 0.15) is 56.7 Å². The Morgan fingerprint density at radius 1 is 0.892 bits per heavy atom. The second kappa shape index (κ2) is 8.93. The van der Waals surface area contributed by atoms with E-state index in [0.29, 0.717) is 17.8 Å². The van der Waals surface area contributed by atoms with Crippen molar-refractivity contribution in [2.45, 2.75) is 62.9 Å². The first kappa shape index (κ1) is 23.9. The maximum Gasteiger partial charge on any atom is 0.311 e. The van der Waals surface area contributed by atoms with E-state index in [1.165, 1.54) is 17.5 Å². The van der Waals surface area contributed by atoms with Gasteiger partial charge in [-0.3, -0.25) is 14.6 Å². The summed E-state index contributed by atoms with van der Waals surface area (Å²) in [4.78, 5) is 18.6. The first-order chi connectivity index (χ1) is 18.0. The summed E-state index contributed by atoms with van der Waals surface area (Å²) in [6.45, 7) is 9.38. The molecule has 2 saturated carbocycles. The van der Waals surface area contributed by atoms with Crippen molar-refractivity contribution in [3.8, 4) is 0 Å². The Labute approximate surface area is 221 Å². The van der Waals surface area contributed by atoms with E-state index in [-0.39, 0.29) is 35.2 Å². The van der Waals surface area contributed by atoms with Crippen LogP contribution >= 0.6 is 0 Å². The van der Waals surface area contributed by atoms with E-state index < -0.39 is 0 Å². The van der Waals surface area contributed by atoms with Crippen LogP contribution in [0.3, 0.4) is 0 Å². The van der Waals surface area contributed by atoms with Crippen LogP contribution in [-0.2, 0) is 14.3 Å². The molecule has 37 heavy (non-hydrogen) atoms. The summed E-state index contributed by atoms with van der Waals surface area (Å²) in [5.41, 5.74) is 2.24. The molecular weight excluding hydrogens is 460 g/mol. The monoisotopic (exact) mass is 500 g/mol. The number of esters is 1. The molecule has 0 unspecified atom stereocenters. The average Bonchev–Trinajstić information content (AvgIpc) is 3.55. The maximum atomic E-state index is 13.5. The number of benzene rings is 2. The second-order valence-corrected chi connectivity index (χ2v) is 12.6. The molecule has 0 radical (unpaired) electrons. The maximum absolute atomic E-state index is 13.5. The summed E-state index contributed by atoms with van der Waals surface area (Å²) in [6, 6.07) is 22.0. The number of fused-ring (bicyclic) bond motifs is 1. The summed E-state index contributed by atoms with van der Waals surface area (Å²) in [6.07, 6.45) is 4.64. The molecule has 0 aromatic heterocycles. The highest BCUT2D eigenvalue weighted by atomic mass is 16.7. The van der Waals surface area contributed by atoms with Gasteiger partial charge in [-0.05, 0) is 49.7 Å². The van der Waals surface area contributed by atoms with Crippen LogP contribution in [0.5, 0.6) is 0 Å². The van der Waals surface area contributed by atoms with Gasteiger partial charge in [-0.15, -0.1) is 0 Å². The Bertz CT molecular complexity index is 1090. The van der Waals surface area contributed by atoms with Crippen LogP contribution in [0.2, 0.25) is 0 Å². The highest BCUT2D eigenvalue weighted by molar-refractivity contribution is 5.77. The summed E-state index contributed by atoms with van der Waals surface area (Å²) in [5.74, 6) is 1.38.